The summed E-state index contributed by atoms with van der Waals surface area (Å²) in [4.78, 5) is 47.6. The number of amides is 2. The van der Waals surface area contributed by atoms with Crippen molar-refractivity contribution in [2.45, 2.75) is 20.8 Å². The van der Waals surface area contributed by atoms with Gasteiger partial charge in [-0.05, 0) is 32.4 Å². The van der Waals surface area contributed by atoms with Crippen molar-refractivity contribution >= 4 is 39.5 Å². The molecule has 11 nitrogen and oxygen atoms in total. The molecule has 0 saturated heterocycles. The average molecular weight is 431 g/mol. The van der Waals surface area contributed by atoms with Gasteiger partial charge in [-0.15, -0.1) is 11.3 Å². The van der Waals surface area contributed by atoms with Crippen LogP contribution in [0.1, 0.15) is 45.0 Å². The fourth-order valence-electron chi connectivity index (χ4n) is 2.74. The third-order valence-electron chi connectivity index (χ3n) is 4.36. The molecule has 0 aliphatic heterocycles. The molecule has 0 radical (unpaired) electrons. The number of anilines is 1. The lowest BCUT2D eigenvalue weighted by Gasteiger charge is -2.17. The molecule has 0 unspecified atom stereocenters. The fourth-order valence-corrected chi connectivity index (χ4v) is 3.86. The van der Waals surface area contributed by atoms with Crippen molar-refractivity contribution in [3.8, 4) is 6.07 Å². The third kappa shape index (κ3) is 4.26. The first-order chi connectivity index (χ1) is 14.2. The van der Waals surface area contributed by atoms with Gasteiger partial charge in [0.25, 0.3) is 23.2 Å². The Morgan fingerprint density at radius 3 is 2.33 bits per heavy atom. The number of rotatable bonds is 7. The highest BCUT2D eigenvalue weighted by Crippen LogP contribution is 2.34. The van der Waals surface area contributed by atoms with Gasteiger partial charge in [-0.2, -0.15) is 5.26 Å². The molecule has 1 aromatic heterocycles. The van der Waals surface area contributed by atoms with Crippen LogP contribution in [-0.4, -0.2) is 39.7 Å². The minimum Gasteiger partial charge on any atom is -0.338 e. The minimum absolute atomic E-state index is 0.0724. The number of hydrogen-bond acceptors (Lipinski definition) is 8. The number of thiophene rings is 1. The number of nitriles is 1. The maximum Gasteiger partial charge on any atom is 0.289 e. The largest absolute Gasteiger partial charge is 0.338 e. The van der Waals surface area contributed by atoms with Crippen molar-refractivity contribution in [3.05, 3.63) is 60.0 Å². The van der Waals surface area contributed by atoms with E-state index < -0.39 is 32.7 Å². The van der Waals surface area contributed by atoms with E-state index in [1.807, 2.05) is 19.9 Å². The minimum atomic E-state index is -0.920. The molecule has 156 valence electrons. The molecule has 0 bridgehead atoms. The highest BCUT2D eigenvalue weighted by Gasteiger charge is 2.27. The summed E-state index contributed by atoms with van der Waals surface area (Å²) in [6.45, 7) is 6.13. The van der Waals surface area contributed by atoms with Crippen LogP contribution in [-0.2, 0) is 0 Å². The molecule has 0 atom stereocenters. The lowest BCUT2D eigenvalue weighted by atomic mass is 10.1. The summed E-state index contributed by atoms with van der Waals surface area (Å²) in [5.74, 6) is -1.21. The summed E-state index contributed by atoms with van der Waals surface area (Å²) in [7, 11) is 0. The number of benzene rings is 1. The third-order valence-corrected chi connectivity index (χ3v) is 5.56. The molecule has 0 aliphatic rings. The molecule has 1 N–H and O–H groups in total. The maximum atomic E-state index is 12.7. The second-order valence-corrected chi connectivity index (χ2v) is 7.04. The number of non-ortho nitro benzene ring substituents is 1. The summed E-state index contributed by atoms with van der Waals surface area (Å²) in [5.41, 5.74) is -1.21. The normalized spacial score (nSPS) is 10.2. The van der Waals surface area contributed by atoms with Crippen LogP contribution in [0.2, 0.25) is 0 Å². The van der Waals surface area contributed by atoms with Crippen LogP contribution in [0.15, 0.2) is 18.2 Å². The number of nitrogens with zero attached hydrogens (tertiary/aromatic N) is 4. The molecule has 1 aromatic carbocycles. The van der Waals surface area contributed by atoms with Crippen molar-refractivity contribution in [1.29, 1.82) is 5.26 Å². The highest BCUT2D eigenvalue weighted by atomic mass is 32.1. The number of nitrogens with one attached hydrogen (secondary N) is 1. The first-order valence-electron chi connectivity index (χ1n) is 8.73. The van der Waals surface area contributed by atoms with E-state index in [0.29, 0.717) is 24.7 Å². The zero-order chi connectivity index (χ0) is 22.6. The molecular formula is C18H17N5O6S. The van der Waals surface area contributed by atoms with E-state index >= 15 is 0 Å². The predicted octanol–water partition coefficient (Wildman–Crippen LogP) is 3.48. The van der Waals surface area contributed by atoms with Crippen LogP contribution in [0.4, 0.5) is 16.4 Å². The zero-order valence-electron chi connectivity index (χ0n) is 16.3. The van der Waals surface area contributed by atoms with Gasteiger partial charge < -0.3 is 10.2 Å². The Kier molecular flexibility index (Phi) is 6.81. The standard InChI is InChI=1S/C18H17N5O6S/c1-4-21(5-2)18(25)15-10(3)13(9-19)17(30-15)20-16(24)12-7-6-11(22(26)27)8-14(12)23(28)29/h6-8H,4-5H2,1-3H3,(H,20,24). The van der Waals surface area contributed by atoms with E-state index in [-0.39, 0.29) is 21.3 Å². The van der Waals surface area contributed by atoms with Crippen molar-refractivity contribution in [2.75, 3.05) is 18.4 Å². The van der Waals surface area contributed by atoms with Gasteiger partial charge in [-0.1, -0.05) is 0 Å². The monoisotopic (exact) mass is 431 g/mol. The molecule has 12 heteroatoms. The summed E-state index contributed by atoms with van der Waals surface area (Å²) >= 11 is 0.899. The first kappa shape index (κ1) is 22.4. The number of carbonyl (C=O) groups is 2. The summed E-state index contributed by atoms with van der Waals surface area (Å²) < 4.78 is 0. The van der Waals surface area contributed by atoms with Crippen molar-refractivity contribution in [2.24, 2.45) is 0 Å². The lowest BCUT2D eigenvalue weighted by Crippen LogP contribution is -2.30. The molecule has 1 heterocycles. The zero-order valence-corrected chi connectivity index (χ0v) is 17.1. The Labute approximate surface area is 174 Å². The van der Waals surface area contributed by atoms with Crippen LogP contribution in [0.5, 0.6) is 0 Å². The number of nitro groups is 2. The van der Waals surface area contributed by atoms with E-state index in [1.54, 1.807) is 11.8 Å². The Morgan fingerprint density at radius 2 is 1.83 bits per heavy atom. The number of nitro benzene ring substituents is 2. The topological polar surface area (TPSA) is 159 Å². The van der Waals surface area contributed by atoms with Gasteiger partial charge in [-0.3, -0.25) is 29.8 Å². The second kappa shape index (κ2) is 9.10. The predicted molar refractivity (Wildman–Crippen MR) is 109 cm³/mol. The lowest BCUT2D eigenvalue weighted by molar-refractivity contribution is -0.394. The van der Waals surface area contributed by atoms with Gasteiger partial charge in [0.1, 0.15) is 16.6 Å². The SMILES string of the molecule is CCN(CC)C(=O)c1sc(NC(=O)c2ccc([N+](=O)[O-])cc2[N+](=O)[O-])c(C#N)c1C. The number of carbonyl (C=O) groups excluding carboxylic acids is 2. The summed E-state index contributed by atoms with van der Waals surface area (Å²) in [6, 6.07) is 4.57. The van der Waals surface area contributed by atoms with Gasteiger partial charge >= 0.3 is 0 Å². The van der Waals surface area contributed by atoms with Gasteiger partial charge in [0, 0.05) is 19.2 Å². The van der Waals surface area contributed by atoms with E-state index in [9.17, 15) is 35.1 Å². The molecule has 30 heavy (non-hydrogen) atoms. The molecule has 2 rings (SSSR count). The highest BCUT2D eigenvalue weighted by molar-refractivity contribution is 7.18. The van der Waals surface area contributed by atoms with Crippen LogP contribution >= 0.6 is 11.3 Å². The van der Waals surface area contributed by atoms with Gasteiger partial charge in [0.05, 0.1) is 26.4 Å². The van der Waals surface area contributed by atoms with Gasteiger partial charge in [-0.25, -0.2) is 0 Å². The molecule has 0 fully saturated rings. The average Bonchev–Trinajstić information content (AvgIpc) is 3.02. The Morgan fingerprint density at radius 1 is 1.20 bits per heavy atom. The molecule has 0 saturated carbocycles. The smallest absolute Gasteiger partial charge is 0.289 e. The van der Waals surface area contributed by atoms with Gasteiger partial charge in [0.15, 0.2) is 0 Å². The maximum absolute atomic E-state index is 12.7. The Hall–Kier alpha value is -3.85. The molecular weight excluding hydrogens is 414 g/mol. The molecule has 0 spiro atoms. The second-order valence-electron chi connectivity index (χ2n) is 6.02. The quantitative estimate of drug-likeness (QED) is 0.518. The van der Waals surface area contributed by atoms with Crippen molar-refractivity contribution < 1.29 is 19.4 Å². The number of hydrogen-bond donors (Lipinski definition) is 1. The van der Waals surface area contributed by atoms with Crippen molar-refractivity contribution in [1.82, 2.24) is 4.90 Å². The van der Waals surface area contributed by atoms with E-state index in [1.165, 1.54) is 0 Å². The van der Waals surface area contributed by atoms with Crippen LogP contribution in [0.3, 0.4) is 0 Å². The van der Waals surface area contributed by atoms with Gasteiger partial charge in [0.2, 0.25) is 0 Å². The van der Waals surface area contributed by atoms with Crippen LogP contribution in [0, 0.1) is 38.5 Å². The molecule has 2 amide bonds. The first-order valence-corrected chi connectivity index (χ1v) is 9.54. The van der Waals surface area contributed by atoms with E-state index in [2.05, 4.69) is 5.32 Å². The molecule has 2 aromatic rings. The Balaban J connectivity index is 2.46. The van der Waals surface area contributed by atoms with Crippen molar-refractivity contribution in [3.63, 3.8) is 0 Å². The summed E-state index contributed by atoms with van der Waals surface area (Å²) in [5, 5.41) is 34.1. The Bertz CT molecular complexity index is 1080. The van der Waals surface area contributed by atoms with E-state index in [0.717, 1.165) is 23.5 Å². The molecule has 0 aliphatic carbocycles. The summed E-state index contributed by atoms with van der Waals surface area (Å²) in [6.07, 6.45) is 0. The van der Waals surface area contributed by atoms with E-state index in [4.69, 9.17) is 0 Å². The fraction of sp³-hybridized carbons (Fsp3) is 0.278. The van der Waals surface area contributed by atoms with Crippen LogP contribution < -0.4 is 5.32 Å². The van der Waals surface area contributed by atoms with Crippen LogP contribution in [0.25, 0.3) is 0 Å².